The van der Waals surface area contributed by atoms with E-state index in [-0.39, 0.29) is 40.7 Å². The minimum absolute atomic E-state index is 0.0722. The lowest BCUT2D eigenvalue weighted by Gasteiger charge is -2.28. The number of carbonyl (C=O) groups excluding carboxylic acids is 1. The van der Waals surface area contributed by atoms with Gasteiger partial charge in [0.05, 0.1) is 34.9 Å². The molecule has 1 fully saturated rings. The number of rotatable bonds is 4. The predicted octanol–water partition coefficient (Wildman–Crippen LogP) is 1.26. The quantitative estimate of drug-likeness (QED) is 0.864. The van der Waals surface area contributed by atoms with Crippen molar-refractivity contribution in [3.8, 4) is 0 Å². The average Bonchev–Trinajstić information content (AvgIpc) is 2.54. The smallest absolute Gasteiger partial charge is 0.261 e. The number of benzene rings is 1. The molecule has 1 saturated heterocycles. The number of hydrogen-bond acceptors (Lipinski definition) is 5. The van der Waals surface area contributed by atoms with Crippen LogP contribution >= 0.6 is 11.6 Å². The van der Waals surface area contributed by atoms with Crippen LogP contribution in [0.5, 0.6) is 0 Å². The molecular formula is C16H17ClFN3O3. The summed E-state index contributed by atoms with van der Waals surface area (Å²) < 4.78 is 14.7. The van der Waals surface area contributed by atoms with E-state index in [1.165, 1.54) is 12.4 Å². The van der Waals surface area contributed by atoms with Gasteiger partial charge in [0.25, 0.3) is 5.56 Å². The fraction of sp³-hybridized carbons (Fsp3) is 0.438. The first kappa shape index (κ1) is 17.0. The highest BCUT2D eigenvalue weighted by Gasteiger charge is 2.25. The van der Waals surface area contributed by atoms with Gasteiger partial charge in [0.15, 0.2) is 5.78 Å². The number of Topliss-reactive ketones (excluding diaryl/α,β-unsaturated/α-hetero) is 1. The summed E-state index contributed by atoms with van der Waals surface area (Å²) in [7, 11) is 0. The molecule has 6 nitrogen and oxygen atoms in total. The highest BCUT2D eigenvalue weighted by molar-refractivity contribution is 6.31. The van der Waals surface area contributed by atoms with Gasteiger partial charge in [-0.2, -0.15) is 0 Å². The summed E-state index contributed by atoms with van der Waals surface area (Å²) in [5, 5.41) is 13.0. The van der Waals surface area contributed by atoms with E-state index < -0.39 is 17.5 Å². The standard InChI is InChI=1S/C16H17ClFN3O3/c17-11-6-13-10(5-12(11)18)16(24)21(8-20-13)7-9(22)4-14-15(23)2-1-3-19-14/h5-6,8,14-15,19,23H,1-4,7H2/t14-,15+/m0/s1. The molecular weight excluding hydrogens is 337 g/mol. The second-order valence-electron chi connectivity index (χ2n) is 5.97. The van der Waals surface area contributed by atoms with E-state index in [9.17, 15) is 19.1 Å². The number of nitrogens with one attached hydrogen (secondary N) is 1. The number of hydrogen-bond donors (Lipinski definition) is 2. The molecule has 0 aliphatic carbocycles. The van der Waals surface area contributed by atoms with Gasteiger partial charge in [-0.05, 0) is 31.5 Å². The first-order valence-corrected chi connectivity index (χ1v) is 8.11. The van der Waals surface area contributed by atoms with E-state index in [0.717, 1.165) is 23.6 Å². The summed E-state index contributed by atoms with van der Waals surface area (Å²) in [5.41, 5.74) is -0.222. The summed E-state index contributed by atoms with van der Waals surface area (Å²) in [6, 6.07) is 2.01. The molecule has 2 atom stereocenters. The first-order chi connectivity index (χ1) is 11.5. The number of aliphatic hydroxyl groups is 1. The molecule has 3 rings (SSSR count). The van der Waals surface area contributed by atoms with E-state index >= 15 is 0 Å². The van der Waals surface area contributed by atoms with Crippen LogP contribution in [0.2, 0.25) is 5.02 Å². The summed E-state index contributed by atoms with van der Waals surface area (Å²) in [5.74, 6) is -0.909. The van der Waals surface area contributed by atoms with Crippen molar-refractivity contribution in [2.24, 2.45) is 0 Å². The Morgan fingerprint density at radius 2 is 2.29 bits per heavy atom. The molecule has 1 aliphatic heterocycles. The number of carbonyl (C=O) groups is 1. The summed E-state index contributed by atoms with van der Waals surface area (Å²) in [4.78, 5) is 28.6. The maximum atomic E-state index is 13.6. The van der Waals surface area contributed by atoms with Crippen molar-refractivity contribution < 1.29 is 14.3 Å². The lowest BCUT2D eigenvalue weighted by Crippen LogP contribution is -2.46. The second kappa shape index (κ2) is 6.96. The van der Waals surface area contributed by atoms with Crippen molar-refractivity contribution in [1.82, 2.24) is 14.9 Å². The van der Waals surface area contributed by atoms with Gasteiger partial charge in [-0.15, -0.1) is 0 Å². The highest BCUT2D eigenvalue weighted by atomic mass is 35.5. The zero-order valence-electron chi connectivity index (χ0n) is 12.8. The van der Waals surface area contributed by atoms with Crippen molar-refractivity contribution in [2.75, 3.05) is 6.54 Å². The van der Waals surface area contributed by atoms with Gasteiger partial charge in [-0.25, -0.2) is 9.37 Å². The minimum atomic E-state index is -0.707. The fourth-order valence-corrected chi connectivity index (χ4v) is 3.07. The number of halogens is 2. The molecule has 2 heterocycles. The number of ketones is 1. The van der Waals surface area contributed by atoms with Gasteiger partial charge in [-0.3, -0.25) is 14.2 Å². The van der Waals surface area contributed by atoms with Crippen LogP contribution in [0.1, 0.15) is 19.3 Å². The Balaban J connectivity index is 1.79. The van der Waals surface area contributed by atoms with Crippen molar-refractivity contribution in [2.45, 2.75) is 38.0 Å². The Morgan fingerprint density at radius 3 is 3.04 bits per heavy atom. The summed E-state index contributed by atoms with van der Waals surface area (Å²) in [6.07, 6.45) is 2.34. The number of fused-ring (bicyclic) bond motifs is 1. The summed E-state index contributed by atoms with van der Waals surface area (Å²) in [6.45, 7) is 0.587. The van der Waals surface area contributed by atoms with Crippen molar-refractivity contribution in [3.63, 3.8) is 0 Å². The molecule has 2 aromatic rings. The van der Waals surface area contributed by atoms with Gasteiger partial charge in [0.2, 0.25) is 0 Å². The molecule has 0 unspecified atom stereocenters. The van der Waals surface area contributed by atoms with Crippen LogP contribution in [0, 0.1) is 5.82 Å². The highest BCUT2D eigenvalue weighted by Crippen LogP contribution is 2.19. The number of aliphatic hydroxyl groups excluding tert-OH is 1. The SMILES string of the molecule is O=C(C[C@@H]1NCCC[C@H]1O)Cn1cnc2cc(Cl)c(F)cc2c1=O. The normalized spacial score (nSPS) is 21.1. The van der Waals surface area contributed by atoms with E-state index in [1.54, 1.807) is 0 Å². The fourth-order valence-electron chi connectivity index (χ4n) is 2.91. The molecule has 24 heavy (non-hydrogen) atoms. The summed E-state index contributed by atoms with van der Waals surface area (Å²) >= 11 is 5.68. The zero-order valence-corrected chi connectivity index (χ0v) is 13.6. The molecule has 0 amide bonds. The van der Waals surface area contributed by atoms with E-state index in [0.29, 0.717) is 6.42 Å². The Hall–Kier alpha value is -1.83. The van der Waals surface area contributed by atoms with Gasteiger partial charge in [-0.1, -0.05) is 11.6 Å². The van der Waals surface area contributed by atoms with Gasteiger partial charge in [0.1, 0.15) is 5.82 Å². The van der Waals surface area contributed by atoms with Crippen LogP contribution in [0.15, 0.2) is 23.3 Å². The van der Waals surface area contributed by atoms with E-state index in [4.69, 9.17) is 11.6 Å². The second-order valence-corrected chi connectivity index (χ2v) is 6.38. The van der Waals surface area contributed by atoms with Gasteiger partial charge >= 0.3 is 0 Å². The minimum Gasteiger partial charge on any atom is -0.391 e. The van der Waals surface area contributed by atoms with Crippen molar-refractivity contribution >= 4 is 28.3 Å². The lowest BCUT2D eigenvalue weighted by atomic mass is 9.97. The van der Waals surface area contributed by atoms with Crippen LogP contribution in [0.4, 0.5) is 4.39 Å². The zero-order chi connectivity index (χ0) is 17.3. The maximum absolute atomic E-state index is 13.6. The number of aromatic nitrogens is 2. The lowest BCUT2D eigenvalue weighted by molar-refractivity contribution is -0.121. The predicted molar refractivity (Wildman–Crippen MR) is 87.6 cm³/mol. The van der Waals surface area contributed by atoms with Crippen LogP contribution in [0.3, 0.4) is 0 Å². The molecule has 0 saturated carbocycles. The molecule has 2 N–H and O–H groups in total. The van der Waals surface area contributed by atoms with E-state index in [2.05, 4.69) is 10.3 Å². The monoisotopic (exact) mass is 353 g/mol. The molecule has 8 heteroatoms. The Labute approximate surface area is 142 Å². The Kier molecular flexibility index (Phi) is 4.93. The Bertz CT molecular complexity index is 839. The van der Waals surface area contributed by atoms with Crippen molar-refractivity contribution in [1.29, 1.82) is 0 Å². The van der Waals surface area contributed by atoms with Crippen molar-refractivity contribution in [3.05, 3.63) is 39.7 Å². The maximum Gasteiger partial charge on any atom is 0.261 e. The van der Waals surface area contributed by atoms with Crippen LogP contribution in [0.25, 0.3) is 10.9 Å². The third-order valence-electron chi connectivity index (χ3n) is 4.21. The third kappa shape index (κ3) is 3.48. The third-order valence-corrected chi connectivity index (χ3v) is 4.50. The van der Waals surface area contributed by atoms with Gasteiger partial charge < -0.3 is 10.4 Å². The van der Waals surface area contributed by atoms with Crippen LogP contribution in [-0.4, -0.2) is 39.1 Å². The topological polar surface area (TPSA) is 84.2 Å². The van der Waals surface area contributed by atoms with E-state index in [1.807, 2.05) is 0 Å². The van der Waals surface area contributed by atoms with Crippen LogP contribution in [-0.2, 0) is 11.3 Å². The molecule has 1 aromatic heterocycles. The molecule has 0 spiro atoms. The molecule has 1 aromatic carbocycles. The molecule has 0 bridgehead atoms. The Morgan fingerprint density at radius 1 is 1.50 bits per heavy atom. The largest absolute Gasteiger partial charge is 0.391 e. The molecule has 1 aliphatic rings. The average molecular weight is 354 g/mol. The first-order valence-electron chi connectivity index (χ1n) is 7.73. The van der Waals surface area contributed by atoms with Crippen LogP contribution < -0.4 is 10.9 Å². The molecule has 0 radical (unpaired) electrons. The van der Waals surface area contributed by atoms with Gasteiger partial charge in [0, 0.05) is 12.5 Å². The number of piperidine rings is 1. The molecule has 128 valence electrons. The number of nitrogens with zero attached hydrogens (tertiary/aromatic N) is 2.